The maximum Gasteiger partial charge on any atom is 0.444 e. The van der Waals surface area contributed by atoms with E-state index in [1.54, 1.807) is 0 Å². The Kier molecular flexibility index (Phi) is 3.65. The summed E-state index contributed by atoms with van der Waals surface area (Å²) in [6.07, 6.45) is -8.48. The minimum absolute atomic E-state index is 0.513. The molecule has 1 aromatic heterocycles. The average molecular weight is 277 g/mol. The zero-order chi connectivity index (χ0) is 13.3. The van der Waals surface area contributed by atoms with Crippen LogP contribution in [0.2, 0.25) is 0 Å². The first-order chi connectivity index (χ1) is 7.62. The second-order valence-corrected chi connectivity index (χ2v) is 3.15. The maximum atomic E-state index is 12.4. The molecule has 0 aliphatic heterocycles. The Balaban J connectivity index is 3.25. The lowest BCUT2D eigenvalue weighted by Crippen LogP contribution is -2.17. The largest absolute Gasteiger partial charge is 0.444 e. The highest BCUT2D eigenvalue weighted by Crippen LogP contribution is 2.36. The molecule has 0 aromatic carbocycles. The lowest BCUT2D eigenvalue weighted by molar-refractivity contribution is -0.137. The molecule has 94 valence electrons. The monoisotopic (exact) mass is 276 g/mol. The van der Waals surface area contributed by atoms with Gasteiger partial charge in [-0.2, -0.15) is 26.3 Å². The van der Waals surface area contributed by atoms with Gasteiger partial charge >= 0.3 is 12.4 Å². The van der Waals surface area contributed by atoms with E-state index in [9.17, 15) is 26.3 Å². The fourth-order valence-corrected chi connectivity index (χ4v) is 0.975. The highest BCUT2D eigenvalue weighted by molar-refractivity contribution is 6.67. The third-order valence-electron chi connectivity index (χ3n) is 1.56. The van der Waals surface area contributed by atoms with E-state index in [4.69, 9.17) is 11.6 Å². The minimum Gasteiger partial charge on any atom is -0.262 e. The normalized spacial score (nSPS) is 13.9. The van der Waals surface area contributed by atoms with Gasteiger partial charge in [-0.25, -0.2) is 4.99 Å². The van der Waals surface area contributed by atoms with E-state index in [1.165, 1.54) is 0 Å². The summed E-state index contributed by atoms with van der Waals surface area (Å²) in [6.45, 7) is 0. The van der Waals surface area contributed by atoms with Crippen LogP contribution in [-0.4, -0.2) is 16.3 Å². The van der Waals surface area contributed by atoms with Crippen LogP contribution in [0.25, 0.3) is 0 Å². The predicted octanol–water partition coefficient (Wildman–Crippen LogP) is 3.93. The first kappa shape index (κ1) is 13.8. The molecule has 2 nitrogen and oxygen atoms in total. The van der Waals surface area contributed by atoms with Gasteiger partial charge in [-0.1, -0.05) is 11.6 Å². The molecule has 0 N–H and O–H groups in total. The molecule has 0 amide bonds. The fourth-order valence-electron chi connectivity index (χ4n) is 0.884. The zero-order valence-electron chi connectivity index (χ0n) is 7.77. The van der Waals surface area contributed by atoms with Crippen LogP contribution in [0.1, 0.15) is 5.56 Å². The summed E-state index contributed by atoms with van der Waals surface area (Å²) in [5.41, 5.74) is -2.32. The van der Waals surface area contributed by atoms with Crippen LogP contribution in [0.5, 0.6) is 0 Å². The lowest BCUT2D eigenvalue weighted by Gasteiger charge is -2.09. The first-order valence-electron chi connectivity index (χ1n) is 3.95. The zero-order valence-corrected chi connectivity index (χ0v) is 8.53. The Morgan fingerprint density at radius 3 is 2.24 bits per heavy atom. The smallest absolute Gasteiger partial charge is 0.262 e. The number of pyridine rings is 1. The van der Waals surface area contributed by atoms with Gasteiger partial charge in [0.25, 0.3) is 0 Å². The number of rotatable bonds is 1. The molecular formula is C8H3ClF6N2. The van der Waals surface area contributed by atoms with Gasteiger partial charge in [0, 0.05) is 6.20 Å². The van der Waals surface area contributed by atoms with Crippen molar-refractivity contribution in [1.82, 2.24) is 4.98 Å². The van der Waals surface area contributed by atoms with Crippen molar-refractivity contribution in [3.8, 4) is 0 Å². The van der Waals surface area contributed by atoms with Gasteiger partial charge in [-0.3, -0.25) is 4.98 Å². The van der Waals surface area contributed by atoms with Gasteiger partial charge < -0.3 is 0 Å². The van der Waals surface area contributed by atoms with Crippen LogP contribution in [0.4, 0.5) is 32.0 Å². The number of hydrogen-bond donors (Lipinski definition) is 0. The molecule has 0 unspecified atom stereocenters. The van der Waals surface area contributed by atoms with E-state index >= 15 is 0 Å². The third kappa shape index (κ3) is 3.58. The molecule has 9 heteroatoms. The lowest BCUT2D eigenvalue weighted by atomic mass is 10.2. The standard InChI is InChI=1S/C8H3ClF6N2/c9-6(8(13,14)15)17-5-3-16-2-1-4(5)7(10,11)12/h1-3H. The van der Waals surface area contributed by atoms with Crippen molar-refractivity contribution < 1.29 is 26.3 Å². The van der Waals surface area contributed by atoms with Gasteiger partial charge in [0.05, 0.1) is 17.4 Å². The van der Waals surface area contributed by atoms with Crippen molar-refractivity contribution in [2.75, 3.05) is 0 Å². The fraction of sp³-hybridized carbons (Fsp3) is 0.250. The van der Waals surface area contributed by atoms with Crippen LogP contribution in [0, 0.1) is 0 Å². The summed E-state index contributed by atoms with van der Waals surface area (Å²) in [6, 6.07) is 0.513. The molecule has 0 saturated carbocycles. The van der Waals surface area contributed by atoms with Crippen LogP contribution >= 0.6 is 11.6 Å². The van der Waals surface area contributed by atoms with Crippen LogP contribution < -0.4 is 0 Å². The van der Waals surface area contributed by atoms with E-state index in [-0.39, 0.29) is 0 Å². The summed E-state index contributed by atoms with van der Waals surface area (Å²) in [5.74, 6) is 0. The summed E-state index contributed by atoms with van der Waals surface area (Å²) in [7, 11) is 0. The Morgan fingerprint density at radius 2 is 1.76 bits per heavy atom. The third-order valence-corrected chi connectivity index (χ3v) is 1.86. The number of alkyl halides is 6. The van der Waals surface area contributed by atoms with Crippen LogP contribution in [-0.2, 0) is 6.18 Å². The predicted molar refractivity (Wildman–Crippen MR) is 48.2 cm³/mol. The van der Waals surface area contributed by atoms with E-state index in [0.29, 0.717) is 12.3 Å². The van der Waals surface area contributed by atoms with Crippen molar-refractivity contribution in [3.63, 3.8) is 0 Å². The van der Waals surface area contributed by atoms with Gasteiger partial charge in [0.2, 0.25) is 5.17 Å². The molecule has 0 aliphatic carbocycles. The summed E-state index contributed by atoms with van der Waals surface area (Å²) >= 11 is 4.74. The van der Waals surface area contributed by atoms with Gasteiger partial charge in [-0.15, -0.1) is 0 Å². The summed E-state index contributed by atoms with van der Waals surface area (Å²) < 4.78 is 73.1. The quantitative estimate of drug-likeness (QED) is 0.563. The van der Waals surface area contributed by atoms with Crippen molar-refractivity contribution in [1.29, 1.82) is 0 Å². The number of nitrogens with zero attached hydrogens (tertiary/aromatic N) is 2. The van der Waals surface area contributed by atoms with Crippen molar-refractivity contribution in [3.05, 3.63) is 24.0 Å². The Bertz CT molecular complexity index is 436. The van der Waals surface area contributed by atoms with E-state index in [0.717, 1.165) is 6.20 Å². The number of hydrogen-bond acceptors (Lipinski definition) is 2. The maximum absolute atomic E-state index is 12.4. The van der Waals surface area contributed by atoms with E-state index in [1.807, 2.05) is 0 Å². The highest BCUT2D eigenvalue weighted by Gasteiger charge is 2.37. The molecule has 17 heavy (non-hydrogen) atoms. The first-order valence-corrected chi connectivity index (χ1v) is 4.33. The molecule has 1 heterocycles. The Morgan fingerprint density at radius 1 is 1.18 bits per heavy atom. The minimum atomic E-state index is -5.00. The summed E-state index contributed by atoms with van der Waals surface area (Å²) in [5, 5.41) is -1.89. The molecule has 0 aliphatic rings. The molecule has 0 spiro atoms. The van der Waals surface area contributed by atoms with Gasteiger partial charge in [-0.05, 0) is 6.07 Å². The Hall–Kier alpha value is -1.31. The molecule has 1 rings (SSSR count). The molecule has 0 bridgehead atoms. The van der Waals surface area contributed by atoms with Gasteiger partial charge in [0.15, 0.2) is 0 Å². The molecule has 0 fully saturated rings. The number of aromatic nitrogens is 1. The second-order valence-electron chi connectivity index (χ2n) is 2.79. The van der Waals surface area contributed by atoms with Crippen LogP contribution in [0.3, 0.4) is 0 Å². The van der Waals surface area contributed by atoms with Crippen LogP contribution in [0.15, 0.2) is 23.5 Å². The molecular weight excluding hydrogens is 274 g/mol. The average Bonchev–Trinajstić information content (AvgIpc) is 2.15. The number of aliphatic imine (C=N–C) groups is 1. The number of halogens is 7. The molecule has 0 atom stereocenters. The molecule has 0 saturated heterocycles. The molecule has 1 aromatic rings. The van der Waals surface area contributed by atoms with Crippen molar-refractivity contribution >= 4 is 22.5 Å². The van der Waals surface area contributed by atoms with E-state index < -0.39 is 28.8 Å². The van der Waals surface area contributed by atoms with Gasteiger partial charge in [0.1, 0.15) is 0 Å². The summed E-state index contributed by atoms with van der Waals surface area (Å²) in [4.78, 5) is 5.93. The Labute approximate surface area is 95.9 Å². The van der Waals surface area contributed by atoms with Crippen molar-refractivity contribution in [2.45, 2.75) is 12.4 Å². The highest BCUT2D eigenvalue weighted by atomic mass is 35.5. The SMILES string of the molecule is FC(F)(F)C(Cl)=Nc1cnccc1C(F)(F)F. The van der Waals surface area contributed by atoms with E-state index in [2.05, 4.69) is 9.98 Å². The topological polar surface area (TPSA) is 25.2 Å². The van der Waals surface area contributed by atoms with Crippen molar-refractivity contribution in [2.24, 2.45) is 4.99 Å². The molecule has 0 radical (unpaired) electrons. The second kappa shape index (κ2) is 4.52.